The van der Waals surface area contributed by atoms with Crippen molar-refractivity contribution in [1.29, 1.82) is 0 Å². The fourth-order valence-corrected chi connectivity index (χ4v) is 2.76. The lowest BCUT2D eigenvalue weighted by Gasteiger charge is -2.26. The maximum absolute atomic E-state index is 4.71. The summed E-state index contributed by atoms with van der Waals surface area (Å²) in [7, 11) is 2.11. The van der Waals surface area contributed by atoms with E-state index in [4.69, 9.17) is 4.98 Å². The van der Waals surface area contributed by atoms with Crippen molar-refractivity contribution in [3.63, 3.8) is 0 Å². The lowest BCUT2D eigenvalue weighted by atomic mass is 9.96. The van der Waals surface area contributed by atoms with Crippen molar-refractivity contribution in [3.05, 3.63) is 35.7 Å². The molecule has 2 rings (SSSR count). The summed E-state index contributed by atoms with van der Waals surface area (Å²) in [5.41, 5.74) is 2.54. The molecule has 0 atom stereocenters. The molecule has 0 saturated carbocycles. The summed E-state index contributed by atoms with van der Waals surface area (Å²) in [4.78, 5) is 6.94. The molecule has 2 nitrogen and oxygen atoms in total. The number of anilines is 1. The summed E-state index contributed by atoms with van der Waals surface area (Å²) >= 11 is 1.71. The lowest BCUT2D eigenvalue weighted by Crippen LogP contribution is -2.28. The summed E-state index contributed by atoms with van der Waals surface area (Å²) in [6.45, 7) is 7.74. The molecule has 0 aliphatic carbocycles. The van der Waals surface area contributed by atoms with Crippen molar-refractivity contribution in [2.45, 2.75) is 20.8 Å². The zero-order valence-electron chi connectivity index (χ0n) is 11.5. The highest BCUT2D eigenvalue weighted by Crippen LogP contribution is 2.28. The van der Waals surface area contributed by atoms with E-state index in [1.165, 1.54) is 5.56 Å². The van der Waals surface area contributed by atoms with Gasteiger partial charge in [-0.1, -0.05) is 51.1 Å². The van der Waals surface area contributed by atoms with Crippen molar-refractivity contribution < 1.29 is 0 Å². The highest BCUT2D eigenvalue weighted by Gasteiger charge is 2.16. The molecule has 0 unspecified atom stereocenters. The second-order valence-corrected chi connectivity index (χ2v) is 6.63. The predicted molar refractivity (Wildman–Crippen MR) is 80.3 cm³/mol. The van der Waals surface area contributed by atoms with E-state index in [-0.39, 0.29) is 5.41 Å². The van der Waals surface area contributed by atoms with Crippen molar-refractivity contribution in [1.82, 2.24) is 4.98 Å². The van der Waals surface area contributed by atoms with E-state index in [0.29, 0.717) is 0 Å². The minimum absolute atomic E-state index is 0.285. The van der Waals surface area contributed by atoms with E-state index in [2.05, 4.69) is 50.2 Å². The molecule has 96 valence electrons. The molecule has 0 saturated heterocycles. The zero-order chi connectivity index (χ0) is 13.2. The van der Waals surface area contributed by atoms with Gasteiger partial charge in [0.25, 0.3) is 0 Å². The van der Waals surface area contributed by atoms with Crippen LogP contribution in [0.5, 0.6) is 0 Å². The van der Waals surface area contributed by atoms with Crippen LogP contribution in [0, 0.1) is 5.41 Å². The van der Waals surface area contributed by atoms with Gasteiger partial charge in [-0.3, -0.25) is 0 Å². The first-order valence-electron chi connectivity index (χ1n) is 6.18. The summed E-state index contributed by atoms with van der Waals surface area (Å²) in [6, 6.07) is 10.3. The van der Waals surface area contributed by atoms with E-state index < -0.39 is 0 Å². The highest BCUT2D eigenvalue weighted by molar-refractivity contribution is 7.14. The van der Waals surface area contributed by atoms with E-state index in [0.717, 1.165) is 17.4 Å². The summed E-state index contributed by atoms with van der Waals surface area (Å²) < 4.78 is 0. The molecule has 1 aromatic carbocycles. The third-order valence-electron chi connectivity index (χ3n) is 2.60. The summed E-state index contributed by atoms with van der Waals surface area (Å²) in [5.74, 6) is 0. The van der Waals surface area contributed by atoms with Crippen LogP contribution in [0.2, 0.25) is 0 Å². The molecule has 3 heteroatoms. The van der Waals surface area contributed by atoms with Gasteiger partial charge in [-0.25, -0.2) is 4.98 Å². The smallest absolute Gasteiger partial charge is 0.185 e. The predicted octanol–water partition coefficient (Wildman–Crippen LogP) is 4.29. The van der Waals surface area contributed by atoms with E-state index >= 15 is 0 Å². The maximum Gasteiger partial charge on any atom is 0.185 e. The average Bonchev–Trinajstić information content (AvgIpc) is 2.77. The van der Waals surface area contributed by atoms with Crippen LogP contribution in [0.4, 0.5) is 5.13 Å². The van der Waals surface area contributed by atoms with Gasteiger partial charge in [0.15, 0.2) is 5.13 Å². The van der Waals surface area contributed by atoms with Gasteiger partial charge in [-0.15, -0.1) is 11.3 Å². The second kappa shape index (κ2) is 5.11. The molecule has 0 N–H and O–H groups in total. The normalized spacial score (nSPS) is 11.6. The van der Waals surface area contributed by atoms with Crippen LogP contribution in [-0.2, 0) is 0 Å². The van der Waals surface area contributed by atoms with Gasteiger partial charge in [-0.05, 0) is 5.41 Å². The van der Waals surface area contributed by atoms with Crippen molar-refractivity contribution in [2.75, 3.05) is 18.5 Å². The molecule has 1 aromatic heterocycles. The Bertz CT molecular complexity index is 497. The molecule has 0 bridgehead atoms. The van der Waals surface area contributed by atoms with Crippen LogP contribution in [0.25, 0.3) is 11.3 Å². The van der Waals surface area contributed by atoms with Crippen LogP contribution in [0.15, 0.2) is 35.7 Å². The van der Waals surface area contributed by atoms with Gasteiger partial charge in [0.2, 0.25) is 0 Å². The minimum atomic E-state index is 0.285. The quantitative estimate of drug-likeness (QED) is 0.818. The standard InChI is InChI=1S/C15H20N2S/c1-15(2,3)11-17(4)14-16-13(10-18-14)12-8-6-5-7-9-12/h5-10H,11H2,1-4H3. The Morgan fingerprint density at radius 2 is 1.83 bits per heavy atom. The zero-order valence-corrected chi connectivity index (χ0v) is 12.3. The number of aromatic nitrogens is 1. The van der Waals surface area contributed by atoms with Crippen molar-refractivity contribution >= 4 is 16.5 Å². The van der Waals surface area contributed by atoms with E-state index in [9.17, 15) is 0 Å². The fraction of sp³-hybridized carbons (Fsp3) is 0.400. The van der Waals surface area contributed by atoms with Gasteiger partial charge in [-0.2, -0.15) is 0 Å². The second-order valence-electron chi connectivity index (χ2n) is 5.80. The van der Waals surface area contributed by atoms with Crippen molar-refractivity contribution in [2.24, 2.45) is 5.41 Å². The van der Waals surface area contributed by atoms with E-state index in [1.54, 1.807) is 11.3 Å². The molecule has 2 aromatic rings. The Morgan fingerprint density at radius 1 is 1.17 bits per heavy atom. The lowest BCUT2D eigenvalue weighted by molar-refractivity contribution is 0.419. The topological polar surface area (TPSA) is 16.1 Å². The Labute approximate surface area is 113 Å². The summed E-state index contributed by atoms with van der Waals surface area (Å²) in [5, 5.41) is 3.22. The molecular formula is C15H20N2S. The number of nitrogens with zero attached hydrogens (tertiary/aromatic N) is 2. The number of benzene rings is 1. The SMILES string of the molecule is CN(CC(C)(C)C)c1nc(-c2ccccc2)cs1. The molecule has 18 heavy (non-hydrogen) atoms. The third-order valence-corrected chi connectivity index (χ3v) is 3.55. The average molecular weight is 260 g/mol. The molecule has 0 amide bonds. The monoisotopic (exact) mass is 260 g/mol. The molecule has 1 heterocycles. The first kappa shape index (κ1) is 13.1. The molecule has 0 aliphatic heterocycles. The molecule has 0 spiro atoms. The Balaban J connectivity index is 2.16. The van der Waals surface area contributed by atoms with Crippen LogP contribution < -0.4 is 4.90 Å². The fourth-order valence-electron chi connectivity index (χ4n) is 1.96. The Kier molecular flexibility index (Phi) is 3.71. The maximum atomic E-state index is 4.71. The van der Waals surface area contributed by atoms with Gasteiger partial charge in [0.05, 0.1) is 5.69 Å². The van der Waals surface area contributed by atoms with E-state index in [1.807, 2.05) is 18.2 Å². The number of hydrogen-bond donors (Lipinski definition) is 0. The number of hydrogen-bond acceptors (Lipinski definition) is 3. The summed E-state index contributed by atoms with van der Waals surface area (Å²) in [6.07, 6.45) is 0. The van der Waals surface area contributed by atoms with Gasteiger partial charge < -0.3 is 4.90 Å². The van der Waals surface area contributed by atoms with Gasteiger partial charge in [0, 0.05) is 24.5 Å². The minimum Gasteiger partial charge on any atom is -0.351 e. The van der Waals surface area contributed by atoms with Gasteiger partial charge in [0.1, 0.15) is 0 Å². The largest absolute Gasteiger partial charge is 0.351 e. The van der Waals surface area contributed by atoms with Gasteiger partial charge >= 0.3 is 0 Å². The molecule has 0 aliphatic rings. The van der Waals surface area contributed by atoms with Crippen LogP contribution in [0.3, 0.4) is 0 Å². The van der Waals surface area contributed by atoms with Crippen LogP contribution >= 0.6 is 11.3 Å². The number of rotatable bonds is 3. The van der Waals surface area contributed by atoms with Crippen molar-refractivity contribution in [3.8, 4) is 11.3 Å². The Hall–Kier alpha value is -1.35. The third kappa shape index (κ3) is 3.33. The molecule has 0 radical (unpaired) electrons. The van der Waals surface area contributed by atoms with Crippen LogP contribution in [-0.4, -0.2) is 18.6 Å². The Morgan fingerprint density at radius 3 is 2.44 bits per heavy atom. The van der Waals surface area contributed by atoms with Crippen LogP contribution in [0.1, 0.15) is 20.8 Å². The molecular weight excluding hydrogens is 240 g/mol. The number of thiazole rings is 1. The highest BCUT2D eigenvalue weighted by atomic mass is 32.1. The first-order valence-corrected chi connectivity index (χ1v) is 7.06. The molecule has 0 fully saturated rings. The first-order chi connectivity index (χ1) is 8.46.